The Morgan fingerprint density at radius 2 is 2.41 bits per heavy atom. The minimum absolute atomic E-state index is 0.0808. The van der Waals surface area contributed by atoms with Gasteiger partial charge >= 0.3 is 0 Å². The van der Waals surface area contributed by atoms with E-state index in [1.54, 1.807) is 11.3 Å². The molecule has 17 heavy (non-hydrogen) atoms. The smallest absolute Gasteiger partial charge is 0.273 e. The Morgan fingerprint density at radius 1 is 1.59 bits per heavy atom. The fraction of sp³-hybridized carbons (Fsp3) is 0.364. The second-order valence-corrected chi connectivity index (χ2v) is 5.32. The van der Waals surface area contributed by atoms with E-state index in [0.29, 0.717) is 5.69 Å². The van der Waals surface area contributed by atoms with Crippen LogP contribution in [0.2, 0.25) is 0 Å². The number of hydrogen-bond acceptors (Lipinski definition) is 4. The van der Waals surface area contributed by atoms with Gasteiger partial charge in [-0.05, 0) is 26.0 Å². The molecule has 2 aromatic heterocycles. The van der Waals surface area contributed by atoms with Gasteiger partial charge in [-0.3, -0.25) is 4.79 Å². The van der Waals surface area contributed by atoms with E-state index in [2.05, 4.69) is 39.8 Å². The zero-order valence-corrected chi connectivity index (χ0v) is 10.5. The normalized spacial score (nSPS) is 12.4. The number of thiophene rings is 1. The fourth-order valence-electron chi connectivity index (χ4n) is 1.56. The van der Waals surface area contributed by atoms with Gasteiger partial charge in [0.15, 0.2) is 5.69 Å². The van der Waals surface area contributed by atoms with Gasteiger partial charge in [0.05, 0.1) is 6.20 Å². The van der Waals surface area contributed by atoms with Crippen LogP contribution in [0.1, 0.15) is 27.2 Å². The molecule has 0 aromatic carbocycles. The number of aromatic amines is 1. The minimum atomic E-state index is -0.195. The van der Waals surface area contributed by atoms with Gasteiger partial charge in [0.1, 0.15) is 0 Å². The van der Waals surface area contributed by atoms with Crippen LogP contribution in [-0.4, -0.2) is 27.4 Å². The molecule has 0 aliphatic heterocycles. The third-order valence-electron chi connectivity index (χ3n) is 2.33. The van der Waals surface area contributed by atoms with E-state index in [1.807, 2.05) is 6.92 Å². The summed E-state index contributed by atoms with van der Waals surface area (Å²) in [5, 5.41) is 12.6. The Kier molecular flexibility index (Phi) is 3.53. The number of carbonyl (C=O) groups excluding carboxylic acids is 1. The predicted molar refractivity (Wildman–Crippen MR) is 66.1 cm³/mol. The Hall–Kier alpha value is -1.69. The van der Waals surface area contributed by atoms with Crippen molar-refractivity contribution >= 4 is 17.2 Å². The highest BCUT2D eigenvalue weighted by atomic mass is 32.1. The lowest BCUT2D eigenvalue weighted by Crippen LogP contribution is -2.34. The van der Waals surface area contributed by atoms with E-state index in [9.17, 15) is 4.79 Å². The molecule has 0 saturated heterocycles. The molecule has 0 aliphatic carbocycles. The molecule has 1 atom stereocenters. The zero-order valence-electron chi connectivity index (χ0n) is 9.73. The summed E-state index contributed by atoms with van der Waals surface area (Å²) in [6, 6.07) is 4.27. The lowest BCUT2D eigenvalue weighted by Gasteiger charge is -2.11. The highest BCUT2D eigenvalue weighted by Gasteiger charge is 2.12. The summed E-state index contributed by atoms with van der Waals surface area (Å²) >= 11 is 1.76. The molecule has 0 radical (unpaired) electrons. The Labute approximate surface area is 103 Å². The van der Waals surface area contributed by atoms with Crippen molar-refractivity contribution in [3.63, 3.8) is 0 Å². The lowest BCUT2D eigenvalue weighted by atomic mass is 10.2. The first-order valence-corrected chi connectivity index (χ1v) is 6.19. The molecular weight excluding hydrogens is 236 g/mol. The first-order valence-electron chi connectivity index (χ1n) is 5.37. The molecule has 2 heterocycles. The van der Waals surface area contributed by atoms with Gasteiger partial charge in [-0.1, -0.05) is 0 Å². The molecule has 1 amide bonds. The summed E-state index contributed by atoms with van der Waals surface area (Å²) in [5.74, 6) is -0.195. The number of hydrogen-bond donors (Lipinski definition) is 2. The van der Waals surface area contributed by atoms with Crippen molar-refractivity contribution in [3.05, 3.63) is 33.8 Å². The average molecular weight is 250 g/mol. The Morgan fingerprint density at radius 3 is 3.00 bits per heavy atom. The van der Waals surface area contributed by atoms with Gasteiger partial charge in [0.2, 0.25) is 0 Å². The highest BCUT2D eigenvalue weighted by Crippen LogP contribution is 2.16. The first-order chi connectivity index (χ1) is 8.15. The summed E-state index contributed by atoms with van der Waals surface area (Å²) < 4.78 is 0. The summed E-state index contributed by atoms with van der Waals surface area (Å²) in [5.41, 5.74) is 0.319. The fourth-order valence-corrected chi connectivity index (χ4v) is 2.58. The molecule has 90 valence electrons. The summed E-state index contributed by atoms with van der Waals surface area (Å²) in [6.07, 6.45) is 2.25. The average Bonchev–Trinajstić information content (AvgIpc) is 2.89. The molecule has 6 heteroatoms. The van der Waals surface area contributed by atoms with Crippen molar-refractivity contribution in [2.45, 2.75) is 26.3 Å². The third-order valence-corrected chi connectivity index (χ3v) is 3.35. The number of amides is 1. The van der Waals surface area contributed by atoms with Gasteiger partial charge < -0.3 is 5.32 Å². The molecular formula is C11H14N4OS. The van der Waals surface area contributed by atoms with Crippen molar-refractivity contribution in [1.29, 1.82) is 0 Å². The van der Waals surface area contributed by atoms with Crippen LogP contribution < -0.4 is 5.32 Å². The number of aryl methyl sites for hydroxylation is 1. The Bertz CT molecular complexity index is 491. The molecule has 2 rings (SSSR count). The maximum Gasteiger partial charge on any atom is 0.273 e. The molecule has 1 unspecified atom stereocenters. The van der Waals surface area contributed by atoms with Gasteiger partial charge in [-0.15, -0.1) is 11.3 Å². The number of aromatic nitrogens is 3. The third kappa shape index (κ3) is 3.13. The summed E-state index contributed by atoms with van der Waals surface area (Å²) in [7, 11) is 0. The topological polar surface area (TPSA) is 70.7 Å². The van der Waals surface area contributed by atoms with Crippen LogP contribution in [-0.2, 0) is 6.42 Å². The zero-order chi connectivity index (χ0) is 12.3. The van der Waals surface area contributed by atoms with Crippen molar-refractivity contribution in [1.82, 2.24) is 20.7 Å². The maximum absolute atomic E-state index is 11.7. The number of H-pyrrole nitrogens is 1. The van der Waals surface area contributed by atoms with Crippen LogP contribution >= 0.6 is 11.3 Å². The van der Waals surface area contributed by atoms with Crippen LogP contribution in [0, 0.1) is 6.92 Å². The van der Waals surface area contributed by atoms with E-state index in [4.69, 9.17) is 0 Å². The molecule has 0 bridgehead atoms. The Balaban J connectivity index is 1.89. The maximum atomic E-state index is 11.7. The van der Waals surface area contributed by atoms with E-state index in [-0.39, 0.29) is 11.9 Å². The largest absolute Gasteiger partial charge is 0.348 e. The van der Waals surface area contributed by atoms with Crippen molar-refractivity contribution in [3.8, 4) is 0 Å². The number of carbonyl (C=O) groups is 1. The van der Waals surface area contributed by atoms with Gasteiger partial charge in [0.25, 0.3) is 5.91 Å². The van der Waals surface area contributed by atoms with E-state index < -0.39 is 0 Å². The van der Waals surface area contributed by atoms with Crippen molar-refractivity contribution in [2.75, 3.05) is 0 Å². The van der Waals surface area contributed by atoms with E-state index in [1.165, 1.54) is 16.0 Å². The molecule has 0 aliphatic rings. The van der Waals surface area contributed by atoms with Gasteiger partial charge in [-0.2, -0.15) is 15.4 Å². The van der Waals surface area contributed by atoms with Crippen LogP contribution in [0.4, 0.5) is 0 Å². The monoisotopic (exact) mass is 250 g/mol. The molecule has 2 aromatic rings. The highest BCUT2D eigenvalue weighted by molar-refractivity contribution is 7.11. The number of rotatable bonds is 4. The van der Waals surface area contributed by atoms with Crippen LogP contribution in [0.15, 0.2) is 18.3 Å². The number of nitrogens with zero attached hydrogens (tertiary/aromatic N) is 2. The quantitative estimate of drug-likeness (QED) is 0.864. The molecule has 2 N–H and O–H groups in total. The van der Waals surface area contributed by atoms with Crippen molar-refractivity contribution in [2.24, 2.45) is 0 Å². The van der Waals surface area contributed by atoms with E-state index in [0.717, 1.165) is 6.42 Å². The van der Waals surface area contributed by atoms with Gasteiger partial charge in [0, 0.05) is 22.2 Å². The lowest BCUT2D eigenvalue weighted by molar-refractivity contribution is 0.0935. The second-order valence-electron chi connectivity index (χ2n) is 3.95. The van der Waals surface area contributed by atoms with Crippen LogP contribution in [0.3, 0.4) is 0 Å². The van der Waals surface area contributed by atoms with Crippen LogP contribution in [0.25, 0.3) is 0 Å². The standard InChI is InChI=1S/C11H14N4OS/c1-7(5-9-4-3-8(2)17-9)13-11(16)10-6-12-15-14-10/h3-4,6-7H,5H2,1-2H3,(H,13,16)(H,12,14,15). The van der Waals surface area contributed by atoms with E-state index >= 15 is 0 Å². The van der Waals surface area contributed by atoms with Crippen molar-refractivity contribution < 1.29 is 4.79 Å². The van der Waals surface area contributed by atoms with Crippen LogP contribution in [0.5, 0.6) is 0 Å². The molecule has 0 spiro atoms. The predicted octanol–water partition coefficient (Wildman–Crippen LogP) is 1.54. The molecule has 0 fully saturated rings. The molecule has 0 saturated carbocycles. The minimum Gasteiger partial charge on any atom is -0.348 e. The second kappa shape index (κ2) is 5.09. The molecule has 5 nitrogen and oxygen atoms in total. The number of nitrogens with one attached hydrogen (secondary N) is 2. The summed E-state index contributed by atoms with van der Waals surface area (Å²) in [6.45, 7) is 4.06. The summed E-state index contributed by atoms with van der Waals surface area (Å²) in [4.78, 5) is 14.2. The SMILES string of the molecule is Cc1ccc(CC(C)NC(=O)c2cn[nH]n2)s1. The van der Waals surface area contributed by atoms with Gasteiger partial charge in [-0.25, -0.2) is 0 Å². The first kappa shape index (κ1) is 11.8.